The summed E-state index contributed by atoms with van der Waals surface area (Å²) < 4.78 is 9.99. The van der Waals surface area contributed by atoms with E-state index in [-0.39, 0.29) is 12.3 Å². The van der Waals surface area contributed by atoms with Crippen LogP contribution in [-0.2, 0) is 9.47 Å². The van der Waals surface area contributed by atoms with E-state index in [1.54, 1.807) is 20.3 Å². The van der Waals surface area contributed by atoms with Gasteiger partial charge in [0.05, 0.1) is 6.04 Å². The summed E-state index contributed by atoms with van der Waals surface area (Å²) in [5.74, 6) is 5.25. The van der Waals surface area contributed by atoms with E-state index in [2.05, 4.69) is 12.0 Å². The van der Waals surface area contributed by atoms with Crippen LogP contribution in [0.4, 0.5) is 0 Å². The third kappa shape index (κ3) is 3.48. The Hall–Kier alpha value is -0.420. The van der Waals surface area contributed by atoms with Crippen LogP contribution in [0.3, 0.4) is 0 Å². The van der Waals surface area contributed by atoms with E-state index in [0.717, 1.165) is 0 Å². The second kappa shape index (κ2) is 6.30. The van der Waals surface area contributed by atoms with Gasteiger partial charge in [0.15, 0.2) is 6.29 Å². The quantitative estimate of drug-likeness (QED) is 0.249. The normalized spacial score (nSPS) is 13.5. The molecule has 0 aliphatic carbocycles. The zero-order valence-electron chi connectivity index (χ0n) is 7.04. The highest BCUT2D eigenvalue weighted by Gasteiger charge is 2.17. The molecule has 0 aromatic carbocycles. The van der Waals surface area contributed by atoms with E-state index in [9.17, 15) is 0 Å². The minimum Gasteiger partial charge on any atom is -0.354 e. The van der Waals surface area contributed by atoms with Crippen molar-refractivity contribution in [1.29, 1.82) is 0 Å². The number of hydrogen-bond donors (Lipinski definition) is 2. The highest BCUT2D eigenvalue weighted by atomic mass is 16.7. The Bertz CT molecular complexity index is 105. The molecule has 3 N–H and O–H groups in total. The monoisotopic (exact) mass is 160 g/mol. The summed E-state index contributed by atoms with van der Waals surface area (Å²) in [6, 6.07) is -0.0394. The van der Waals surface area contributed by atoms with Crippen LogP contribution in [0.15, 0.2) is 12.7 Å². The Kier molecular flexibility index (Phi) is 6.06. The van der Waals surface area contributed by atoms with Gasteiger partial charge in [0.25, 0.3) is 0 Å². The van der Waals surface area contributed by atoms with Crippen molar-refractivity contribution in [2.24, 2.45) is 5.84 Å². The molecule has 0 bridgehead atoms. The van der Waals surface area contributed by atoms with Crippen molar-refractivity contribution in [2.75, 3.05) is 14.2 Å². The highest BCUT2D eigenvalue weighted by Crippen LogP contribution is 2.02. The largest absolute Gasteiger partial charge is 0.354 e. The first kappa shape index (κ1) is 10.6. The molecule has 0 saturated carbocycles. The second-order valence-electron chi connectivity index (χ2n) is 2.14. The Labute approximate surface area is 67.3 Å². The molecule has 0 aromatic heterocycles. The van der Waals surface area contributed by atoms with Crippen molar-refractivity contribution in [2.45, 2.75) is 18.8 Å². The van der Waals surface area contributed by atoms with E-state index in [1.807, 2.05) is 0 Å². The molecule has 4 nitrogen and oxygen atoms in total. The van der Waals surface area contributed by atoms with Gasteiger partial charge < -0.3 is 9.47 Å². The lowest BCUT2D eigenvalue weighted by molar-refractivity contribution is -0.122. The lowest BCUT2D eigenvalue weighted by Gasteiger charge is -2.22. The topological polar surface area (TPSA) is 56.5 Å². The van der Waals surface area contributed by atoms with E-state index in [1.165, 1.54) is 0 Å². The zero-order chi connectivity index (χ0) is 8.69. The van der Waals surface area contributed by atoms with Crippen LogP contribution >= 0.6 is 0 Å². The van der Waals surface area contributed by atoms with Crippen molar-refractivity contribution >= 4 is 0 Å². The maximum absolute atomic E-state index is 5.25. The molecule has 0 aliphatic heterocycles. The molecule has 0 saturated heterocycles. The summed E-state index contributed by atoms with van der Waals surface area (Å²) in [5.41, 5.74) is 2.58. The first-order valence-corrected chi connectivity index (χ1v) is 3.42. The average molecular weight is 160 g/mol. The van der Waals surface area contributed by atoms with Crippen molar-refractivity contribution in [3.63, 3.8) is 0 Å². The predicted octanol–water partition coefficient (Wildman–Crippen LogP) is 0.0133. The highest BCUT2D eigenvalue weighted by molar-refractivity contribution is 4.78. The SMILES string of the molecule is C=CCC(NN)C(OC)OC. The van der Waals surface area contributed by atoms with Crippen LogP contribution in [0.5, 0.6) is 0 Å². The number of ether oxygens (including phenoxy) is 2. The summed E-state index contributed by atoms with van der Waals surface area (Å²) in [4.78, 5) is 0. The maximum Gasteiger partial charge on any atom is 0.173 e. The first-order valence-electron chi connectivity index (χ1n) is 3.42. The number of hydrogen-bond acceptors (Lipinski definition) is 4. The van der Waals surface area contributed by atoms with Crippen molar-refractivity contribution in [1.82, 2.24) is 5.43 Å². The second-order valence-corrected chi connectivity index (χ2v) is 2.14. The maximum atomic E-state index is 5.25. The van der Waals surface area contributed by atoms with Crippen molar-refractivity contribution < 1.29 is 9.47 Å². The van der Waals surface area contributed by atoms with E-state index in [4.69, 9.17) is 15.3 Å². The molecule has 0 heterocycles. The molecule has 0 amide bonds. The molecule has 1 unspecified atom stereocenters. The van der Waals surface area contributed by atoms with Crippen LogP contribution in [0.2, 0.25) is 0 Å². The Morgan fingerprint density at radius 3 is 2.36 bits per heavy atom. The summed E-state index contributed by atoms with van der Waals surface area (Å²) in [7, 11) is 3.14. The lowest BCUT2D eigenvalue weighted by atomic mass is 10.2. The number of methoxy groups -OCH3 is 2. The van der Waals surface area contributed by atoms with Crippen molar-refractivity contribution in [3.8, 4) is 0 Å². The van der Waals surface area contributed by atoms with Gasteiger partial charge >= 0.3 is 0 Å². The van der Waals surface area contributed by atoms with Crippen LogP contribution in [0, 0.1) is 0 Å². The third-order valence-electron chi connectivity index (χ3n) is 1.43. The molecule has 0 aliphatic rings. The molecule has 66 valence electrons. The Morgan fingerprint density at radius 2 is 2.09 bits per heavy atom. The van der Waals surface area contributed by atoms with Gasteiger partial charge in [0.2, 0.25) is 0 Å². The van der Waals surface area contributed by atoms with Crippen molar-refractivity contribution in [3.05, 3.63) is 12.7 Å². The Balaban J connectivity index is 3.85. The minimum atomic E-state index is -0.321. The minimum absolute atomic E-state index is 0.0394. The zero-order valence-corrected chi connectivity index (χ0v) is 7.04. The number of nitrogens with one attached hydrogen (secondary N) is 1. The predicted molar refractivity (Wildman–Crippen MR) is 43.7 cm³/mol. The average Bonchev–Trinajstić information content (AvgIpc) is 2.05. The third-order valence-corrected chi connectivity index (χ3v) is 1.43. The van der Waals surface area contributed by atoms with E-state index >= 15 is 0 Å². The molecule has 0 aromatic rings. The molecule has 1 atom stereocenters. The standard InChI is InChI=1S/C7H16N2O2/c1-4-5-6(9-8)7(10-2)11-3/h4,6-7,9H,1,5,8H2,2-3H3. The number of hydrazine groups is 1. The van der Waals surface area contributed by atoms with Gasteiger partial charge in [0, 0.05) is 14.2 Å². The van der Waals surface area contributed by atoms with Gasteiger partial charge in [-0.05, 0) is 6.42 Å². The molecule has 0 radical (unpaired) electrons. The summed E-state index contributed by atoms with van der Waals surface area (Å²) in [6.07, 6.45) is 2.15. The summed E-state index contributed by atoms with van der Waals surface area (Å²) in [6.45, 7) is 3.59. The molecule has 0 rings (SSSR count). The van der Waals surface area contributed by atoms with Crippen LogP contribution in [-0.4, -0.2) is 26.6 Å². The molecule has 4 heteroatoms. The van der Waals surface area contributed by atoms with Gasteiger partial charge in [-0.15, -0.1) is 6.58 Å². The summed E-state index contributed by atoms with van der Waals surface area (Å²) >= 11 is 0. The fraction of sp³-hybridized carbons (Fsp3) is 0.714. The molecule has 0 spiro atoms. The van der Waals surface area contributed by atoms with Crippen LogP contribution in [0.25, 0.3) is 0 Å². The molecular formula is C7H16N2O2. The van der Waals surface area contributed by atoms with E-state index < -0.39 is 0 Å². The fourth-order valence-electron chi connectivity index (χ4n) is 0.862. The van der Waals surface area contributed by atoms with Gasteiger partial charge in [-0.1, -0.05) is 6.08 Å². The van der Waals surface area contributed by atoms with Gasteiger partial charge in [0.1, 0.15) is 0 Å². The molecular weight excluding hydrogens is 144 g/mol. The first-order chi connectivity index (χ1) is 5.29. The van der Waals surface area contributed by atoms with Crippen LogP contribution in [0.1, 0.15) is 6.42 Å². The smallest absolute Gasteiger partial charge is 0.173 e. The fourth-order valence-corrected chi connectivity index (χ4v) is 0.862. The van der Waals surface area contributed by atoms with Gasteiger partial charge in [-0.2, -0.15) is 0 Å². The van der Waals surface area contributed by atoms with Gasteiger partial charge in [-0.3, -0.25) is 11.3 Å². The number of rotatable bonds is 6. The lowest BCUT2D eigenvalue weighted by Crippen LogP contribution is -2.45. The number of nitrogens with two attached hydrogens (primary N) is 1. The van der Waals surface area contributed by atoms with E-state index in [0.29, 0.717) is 6.42 Å². The summed E-state index contributed by atoms with van der Waals surface area (Å²) in [5, 5.41) is 0. The molecule has 0 fully saturated rings. The molecule has 11 heavy (non-hydrogen) atoms. The van der Waals surface area contributed by atoms with Crippen LogP contribution < -0.4 is 11.3 Å². The Morgan fingerprint density at radius 1 is 1.55 bits per heavy atom. The van der Waals surface area contributed by atoms with Gasteiger partial charge in [-0.25, -0.2) is 0 Å².